The summed E-state index contributed by atoms with van der Waals surface area (Å²) in [5, 5.41) is 3.38. The van der Waals surface area contributed by atoms with Gasteiger partial charge in [-0.2, -0.15) is 16.5 Å². The van der Waals surface area contributed by atoms with E-state index in [0.29, 0.717) is 42.0 Å². The highest BCUT2D eigenvalue weighted by atomic mass is 32.2. The zero-order chi connectivity index (χ0) is 22.6. The molecule has 1 aliphatic heterocycles. The third kappa shape index (κ3) is 5.56. The molecule has 0 spiro atoms. The molecule has 174 valence electrons. The van der Waals surface area contributed by atoms with Crippen molar-refractivity contribution < 1.29 is 22.7 Å². The average molecular weight is 498 g/mol. The van der Waals surface area contributed by atoms with Crippen LogP contribution in [0.5, 0.6) is 11.5 Å². The van der Waals surface area contributed by atoms with Crippen molar-refractivity contribution in [3.05, 3.63) is 28.8 Å². The molecule has 4 rings (SSSR count). The maximum atomic E-state index is 13.0. The normalized spacial score (nSPS) is 16.7. The Kier molecular flexibility index (Phi) is 7.59. The Labute approximate surface area is 196 Å². The predicted octanol–water partition coefficient (Wildman–Crippen LogP) is 3.22. The maximum Gasteiger partial charge on any atom is 0.244 e. The number of anilines is 1. The number of aryl methyl sites for hydroxylation is 2. The third-order valence-electron chi connectivity index (χ3n) is 5.37. The van der Waals surface area contributed by atoms with Gasteiger partial charge in [0.15, 0.2) is 16.6 Å². The van der Waals surface area contributed by atoms with E-state index in [1.807, 2.05) is 6.26 Å². The molecule has 0 bridgehead atoms. The topological polar surface area (TPSA) is 107 Å². The molecular weight excluding hydrogens is 470 g/mol. The van der Waals surface area contributed by atoms with Crippen LogP contribution in [0.4, 0.5) is 5.13 Å². The third-order valence-corrected chi connectivity index (χ3v) is 8.56. The van der Waals surface area contributed by atoms with Gasteiger partial charge < -0.3 is 14.8 Å². The molecule has 1 aliphatic carbocycles. The number of carbonyl (C=O) groups excluding carboxylic acids is 1. The lowest BCUT2D eigenvalue weighted by molar-refractivity contribution is -0.117. The van der Waals surface area contributed by atoms with Gasteiger partial charge in [0, 0.05) is 10.9 Å². The van der Waals surface area contributed by atoms with Crippen molar-refractivity contribution in [1.82, 2.24) is 9.71 Å². The molecule has 0 fully saturated rings. The largest absolute Gasteiger partial charge is 0.486 e. The van der Waals surface area contributed by atoms with Crippen LogP contribution in [0.25, 0.3) is 0 Å². The first-order chi connectivity index (χ1) is 15.5. The first-order valence-corrected chi connectivity index (χ1v) is 14.4. The van der Waals surface area contributed by atoms with E-state index in [1.165, 1.54) is 34.8 Å². The van der Waals surface area contributed by atoms with Gasteiger partial charge in [-0.3, -0.25) is 4.79 Å². The second-order valence-electron chi connectivity index (χ2n) is 7.70. The highest BCUT2D eigenvalue weighted by Gasteiger charge is 2.28. The molecule has 11 heteroatoms. The van der Waals surface area contributed by atoms with Gasteiger partial charge >= 0.3 is 0 Å². The van der Waals surface area contributed by atoms with Gasteiger partial charge in [-0.15, -0.1) is 11.3 Å². The summed E-state index contributed by atoms with van der Waals surface area (Å²) in [4.78, 5) is 18.9. The van der Waals surface area contributed by atoms with Gasteiger partial charge in [-0.1, -0.05) is 6.42 Å². The molecule has 2 aliphatic rings. The molecular formula is C21H27N3O5S3. The molecule has 1 aromatic carbocycles. The van der Waals surface area contributed by atoms with Crippen LogP contribution in [0.15, 0.2) is 23.1 Å². The molecule has 0 saturated heterocycles. The van der Waals surface area contributed by atoms with E-state index >= 15 is 0 Å². The average Bonchev–Trinajstić information content (AvgIpc) is 3.03. The van der Waals surface area contributed by atoms with Crippen molar-refractivity contribution in [3.8, 4) is 11.5 Å². The molecule has 0 saturated carbocycles. The van der Waals surface area contributed by atoms with E-state index in [0.717, 1.165) is 31.4 Å². The summed E-state index contributed by atoms with van der Waals surface area (Å²) in [6.07, 6.45) is 7.63. The molecule has 2 aromatic rings. The first-order valence-electron chi connectivity index (χ1n) is 10.7. The second kappa shape index (κ2) is 10.4. The van der Waals surface area contributed by atoms with Crippen molar-refractivity contribution in [2.24, 2.45) is 0 Å². The summed E-state index contributed by atoms with van der Waals surface area (Å²) in [5.74, 6) is 1.13. The Bertz CT molecular complexity index is 1050. The van der Waals surface area contributed by atoms with Gasteiger partial charge in [-0.25, -0.2) is 13.4 Å². The summed E-state index contributed by atoms with van der Waals surface area (Å²) in [6.45, 7) is 0.787. The second-order valence-corrected chi connectivity index (χ2v) is 11.5. The standard InChI is InChI=1S/C21H27N3O5S3/c1-30-12-9-16(20(25)23-21-22-15-5-3-2-4-6-19(15)31-21)24-32(26,27)14-7-8-17-18(13-14)29-11-10-28-17/h7-8,13,16,24H,2-6,9-12H2,1H3,(H,22,23,25)/t16-/m1/s1. The van der Waals surface area contributed by atoms with Crippen LogP contribution in [-0.4, -0.2) is 50.6 Å². The lowest BCUT2D eigenvalue weighted by Gasteiger charge is -2.20. The van der Waals surface area contributed by atoms with E-state index in [4.69, 9.17) is 9.47 Å². The lowest BCUT2D eigenvalue weighted by atomic mass is 10.2. The van der Waals surface area contributed by atoms with Crippen LogP contribution >= 0.6 is 23.1 Å². The Balaban J connectivity index is 1.49. The van der Waals surface area contributed by atoms with Crippen molar-refractivity contribution in [2.45, 2.75) is 49.5 Å². The number of aromatic nitrogens is 1. The number of benzene rings is 1. The van der Waals surface area contributed by atoms with Crippen LogP contribution in [0.2, 0.25) is 0 Å². The summed E-state index contributed by atoms with van der Waals surface area (Å²) in [6, 6.07) is 3.54. The number of thiazole rings is 1. The monoisotopic (exact) mass is 497 g/mol. The van der Waals surface area contributed by atoms with Gasteiger partial charge in [0.05, 0.1) is 10.6 Å². The SMILES string of the molecule is CSCC[C@@H](NS(=O)(=O)c1ccc2c(c1)OCCO2)C(=O)Nc1nc2c(s1)CCCCC2. The summed E-state index contributed by atoms with van der Waals surface area (Å²) in [7, 11) is -3.94. The van der Waals surface area contributed by atoms with E-state index < -0.39 is 22.0 Å². The fourth-order valence-corrected chi connectivity index (χ4v) is 6.47. The fraction of sp³-hybridized carbons (Fsp3) is 0.524. The lowest BCUT2D eigenvalue weighted by Crippen LogP contribution is -2.44. The molecule has 1 atom stereocenters. The van der Waals surface area contributed by atoms with Crippen molar-refractivity contribution in [2.75, 3.05) is 30.5 Å². The van der Waals surface area contributed by atoms with Crippen LogP contribution in [0.3, 0.4) is 0 Å². The maximum absolute atomic E-state index is 13.0. The van der Waals surface area contributed by atoms with Crippen molar-refractivity contribution >= 4 is 44.2 Å². The number of nitrogens with one attached hydrogen (secondary N) is 2. The Morgan fingerprint density at radius 3 is 2.78 bits per heavy atom. The number of thioether (sulfide) groups is 1. The van der Waals surface area contributed by atoms with E-state index in [9.17, 15) is 13.2 Å². The molecule has 0 unspecified atom stereocenters. The van der Waals surface area contributed by atoms with Gasteiger partial charge in [0.25, 0.3) is 0 Å². The molecule has 8 nitrogen and oxygen atoms in total. The van der Waals surface area contributed by atoms with Gasteiger partial charge in [0.2, 0.25) is 15.9 Å². The van der Waals surface area contributed by atoms with E-state index in [-0.39, 0.29) is 4.90 Å². The quantitative estimate of drug-likeness (QED) is 0.539. The summed E-state index contributed by atoms with van der Waals surface area (Å²) < 4.78 is 39.6. The smallest absolute Gasteiger partial charge is 0.244 e. The zero-order valence-corrected chi connectivity index (χ0v) is 20.3. The van der Waals surface area contributed by atoms with Crippen molar-refractivity contribution in [1.29, 1.82) is 0 Å². The highest BCUT2D eigenvalue weighted by Crippen LogP contribution is 2.32. The minimum Gasteiger partial charge on any atom is -0.486 e. The molecule has 32 heavy (non-hydrogen) atoms. The molecule has 0 radical (unpaired) electrons. The van der Waals surface area contributed by atoms with Gasteiger partial charge in [0.1, 0.15) is 19.3 Å². The number of carbonyl (C=O) groups is 1. The number of hydrogen-bond acceptors (Lipinski definition) is 8. The summed E-state index contributed by atoms with van der Waals surface area (Å²) >= 11 is 3.05. The molecule has 2 heterocycles. The molecule has 1 aromatic heterocycles. The Hall–Kier alpha value is -1.82. The van der Waals surface area contributed by atoms with E-state index in [1.54, 1.807) is 17.8 Å². The van der Waals surface area contributed by atoms with Crippen molar-refractivity contribution in [3.63, 3.8) is 0 Å². The van der Waals surface area contributed by atoms with Crippen LogP contribution in [-0.2, 0) is 27.7 Å². The highest BCUT2D eigenvalue weighted by molar-refractivity contribution is 7.98. The Morgan fingerprint density at radius 1 is 1.19 bits per heavy atom. The molecule has 2 N–H and O–H groups in total. The fourth-order valence-electron chi connectivity index (χ4n) is 3.70. The van der Waals surface area contributed by atoms with Gasteiger partial charge in [-0.05, 0) is 56.2 Å². The minimum atomic E-state index is -3.94. The Morgan fingerprint density at radius 2 is 1.97 bits per heavy atom. The number of fused-ring (bicyclic) bond motifs is 2. The number of sulfonamides is 1. The summed E-state index contributed by atoms with van der Waals surface area (Å²) in [5.41, 5.74) is 1.06. The number of rotatable bonds is 8. The minimum absolute atomic E-state index is 0.0321. The zero-order valence-electron chi connectivity index (χ0n) is 17.9. The predicted molar refractivity (Wildman–Crippen MR) is 127 cm³/mol. The first kappa shape index (κ1) is 23.3. The number of ether oxygens (including phenoxy) is 2. The van der Waals surface area contributed by atoms with Crippen LogP contribution < -0.4 is 19.5 Å². The molecule has 1 amide bonds. The van der Waals surface area contributed by atoms with Crippen LogP contribution in [0, 0.1) is 0 Å². The van der Waals surface area contributed by atoms with Crippen LogP contribution in [0.1, 0.15) is 36.3 Å². The number of nitrogens with zero attached hydrogens (tertiary/aromatic N) is 1. The number of hydrogen-bond donors (Lipinski definition) is 2. The van der Waals surface area contributed by atoms with E-state index in [2.05, 4.69) is 15.0 Å². The number of amides is 1.